The van der Waals surface area contributed by atoms with Crippen LogP contribution in [0.4, 0.5) is 0 Å². The number of carbonyl (C=O) groups is 1. The number of nitrogens with one attached hydrogen (secondary N) is 1. The van der Waals surface area contributed by atoms with Crippen molar-refractivity contribution in [2.24, 2.45) is 16.9 Å². The molecule has 1 unspecified atom stereocenters. The summed E-state index contributed by atoms with van der Waals surface area (Å²) < 4.78 is 0. The molecule has 0 aromatic rings. The van der Waals surface area contributed by atoms with Gasteiger partial charge in [-0.25, -0.2) is 5.43 Å². The van der Waals surface area contributed by atoms with Gasteiger partial charge in [0.25, 0.3) is 0 Å². The van der Waals surface area contributed by atoms with Crippen molar-refractivity contribution >= 4 is 23.9 Å². The molecule has 1 aliphatic heterocycles. The molecule has 0 aliphatic carbocycles. The van der Waals surface area contributed by atoms with E-state index in [4.69, 9.17) is 0 Å². The normalized spacial score (nSPS) is 22.8. The second-order valence-electron chi connectivity index (χ2n) is 3.53. The van der Waals surface area contributed by atoms with Crippen molar-refractivity contribution < 1.29 is 4.79 Å². The molecule has 1 rings (SSSR count). The number of thioether (sulfide) groups is 1. The summed E-state index contributed by atoms with van der Waals surface area (Å²) in [6.07, 6.45) is 3.05. The molecule has 0 bridgehead atoms. The van der Waals surface area contributed by atoms with E-state index < -0.39 is 0 Å². The predicted octanol–water partition coefficient (Wildman–Crippen LogP) is 1.50. The molecule has 4 heteroatoms. The van der Waals surface area contributed by atoms with Gasteiger partial charge in [0, 0.05) is 23.8 Å². The summed E-state index contributed by atoms with van der Waals surface area (Å²) in [6, 6.07) is 0. The van der Waals surface area contributed by atoms with Crippen LogP contribution in [-0.4, -0.2) is 23.6 Å². The summed E-state index contributed by atoms with van der Waals surface area (Å²) in [5.74, 6) is 2.91. The molecule has 1 fully saturated rings. The lowest BCUT2D eigenvalue weighted by Gasteiger charge is -2.02. The molecule has 1 atom stereocenters. The highest BCUT2D eigenvalue weighted by molar-refractivity contribution is 7.99. The van der Waals surface area contributed by atoms with E-state index in [9.17, 15) is 4.79 Å². The Balaban J connectivity index is 2.20. The van der Waals surface area contributed by atoms with Crippen LogP contribution in [0.25, 0.3) is 0 Å². The maximum absolute atomic E-state index is 11.1. The van der Waals surface area contributed by atoms with Crippen LogP contribution in [0.3, 0.4) is 0 Å². The first-order valence-corrected chi connectivity index (χ1v) is 5.76. The number of amides is 1. The number of rotatable bonds is 3. The molecule has 13 heavy (non-hydrogen) atoms. The highest BCUT2D eigenvalue weighted by Gasteiger charge is 2.12. The Bertz CT molecular complexity index is 198. The van der Waals surface area contributed by atoms with Crippen LogP contribution < -0.4 is 5.43 Å². The third-order valence-electron chi connectivity index (χ3n) is 1.95. The van der Waals surface area contributed by atoms with Crippen LogP contribution in [0.5, 0.6) is 0 Å². The molecular weight excluding hydrogens is 184 g/mol. The van der Waals surface area contributed by atoms with E-state index in [2.05, 4.69) is 10.5 Å². The number of carbonyl (C=O) groups excluding carboxylic acids is 1. The lowest BCUT2D eigenvalue weighted by atomic mass is 10.1. The highest BCUT2D eigenvalue weighted by atomic mass is 32.2. The molecule has 74 valence electrons. The fourth-order valence-corrected chi connectivity index (χ4v) is 2.20. The van der Waals surface area contributed by atoms with E-state index in [0.717, 1.165) is 5.75 Å². The Morgan fingerprint density at radius 2 is 2.46 bits per heavy atom. The summed E-state index contributed by atoms with van der Waals surface area (Å²) in [7, 11) is 0. The van der Waals surface area contributed by atoms with Gasteiger partial charge >= 0.3 is 0 Å². The van der Waals surface area contributed by atoms with Gasteiger partial charge in [0.15, 0.2) is 0 Å². The van der Waals surface area contributed by atoms with Crippen LogP contribution in [0.2, 0.25) is 0 Å². The molecule has 0 aromatic carbocycles. The maximum atomic E-state index is 11.1. The van der Waals surface area contributed by atoms with E-state index in [1.54, 1.807) is 0 Å². The first kappa shape index (κ1) is 10.6. The van der Waals surface area contributed by atoms with Gasteiger partial charge in [-0.05, 0) is 12.2 Å². The van der Waals surface area contributed by atoms with Gasteiger partial charge in [-0.15, -0.1) is 0 Å². The topological polar surface area (TPSA) is 41.5 Å². The fourth-order valence-electron chi connectivity index (χ4n) is 1.01. The van der Waals surface area contributed by atoms with Gasteiger partial charge in [0.05, 0.1) is 0 Å². The van der Waals surface area contributed by atoms with E-state index in [1.165, 1.54) is 12.2 Å². The SMILES string of the molecule is CC(C)C(=O)N/N=C/C1CCSC1. The molecule has 1 aliphatic rings. The molecule has 0 aromatic heterocycles. The summed E-state index contributed by atoms with van der Waals surface area (Å²) in [5, 5.41) is 3.94. The molecular formula is C9H16N2OS. The largest absolute Gasteiger partial charge is 0.273 e. The Labute approximate surface area is 83.4 Å². The molecule has 1 amide bonds. The number of nitrogens with zero attached hydrogens (tertiary/aromatic N) is 1. The standard InChI is InChI=1S/C9H16N2OS/c1-7(2)9(12)11-10-5-8-3-4-13-6-8/h5,7-8H,3-4,6H2,1-2H3,(H,11,12)/b10-5+. The average molecular weight is 200 g/mol. The lowest BCUT2D eigenvalue weighted by molar-refractivity contribution is -0.123. The third-order valence-corrected chi connectivity index (χ3v) is 3.14. The molecule has 1 saturated heterocycles. The Morgan fingerprint density at radius 1 is 1.69 bits per heavy atom. The smallest absolute Gasteiger partial charge is 0.242 e. The van der Waals surface area contributed by atoms with Crippen LogP contribution in [-0.2, 0) is 4.79 Å². The summed E-state index contributed by atoms with van der Waals surface area (Å²) in [5.41, 5.74) is 2.53. The predicted molar refractivity (Wildman–Crippen MR) is 56.9 cm³/mol. The van der Waals surface area contributed by atoms with Crippen LogP contribution in [0, 0.1) is 11.8 Å². The monoisotopic (exact) mass is 200 g/mol. The number of hydrogen-bond acceptors (Lipinski definition) is 3. The Hall–Kier alpha value is -0.510. The first-order valence-electron chi connectivity index (χ1n) is 4.61. The maximum Gasteiger partial charge on any atom is 0.242 e. The first-order chi connectivity index (χ1) is 6.20. The van der Waals surface area contributed by atoms with Crippen LogP contribution in [0.15, 0.2) is 5.10 Å². The van der Waals surface area contributed by atoms with Gasteiger partial charge in [0.1, 0.15) is 0 Å². The second-order valence-corrected chi connectivity index (χ2v) is 4.68. The summed E-state index contributed by atoms with van der Waals surface area (Å²) in [6.45, 7) is 3.71. The number of hydrogen-bond donors (Lipinski definition) is 1. The van der Waals surface area contributed by atoms with Crippen molar-refractivity contribution in [3.8, 4) is 0 Å². The van der Waals surface area contributed by atoms with Gasteiger partial charge in [-0.3, -0.25) is 4.79 Å². The number of hydrazone groups is 1. The van der Waals surface area contributed by atoms with Crippen molar-refractivity contribution in [1.82, 2.24) is 5.43 Å². The van der Waals surface area contributed by atoms with Gasteiger partial charge in [-0.2, -0.15) is 16.9 Å². The van der Waals surface area contributed by atoms with E-state index >= 15 is 0 Å². The van der Waals surface area contributed by atoms with E-state index in [-0.39, 0.29) is 11.8 Å². The minimum Gasteiger partial charge on any atom is -0.273 e. The minimum absolute atomic E-state index is 0.00935. The molecule has 0 spiro atoms. The van der Waals surface area contributed by atoms with Crippen molar-refractivity contribution in [2.75, 3.05) is 11.5 Å². The van der Waals surface area contributed by atoms with Gasteiger partial charge in [-0.1, -0.05) is 13.8 Å². The summed E-state index contributed by atoms with van der Waals surface area (Å²) in [4.78, 5) is 11.1. The van der Waals surface area contributed by atoms with E-state index in [1.807, 2.05) is 31.8 Å². The van der Waals surface area contributed by atoms with Crippen molar-refractivity contribution in [3.63, 3.8) is 0 Å². The van der Waals surface area contributed by atoms with Gasteiger partial charge in [0.2, 0.25) is 5.91 Å². The highest BCUT2D eigenvalue weighted by Crippen LogP contribution is 2.21. The van der Waals surface area contributed by atoms with Gasteiger partial charge < -0.3 is 0 Å². The Morgan fingerprint density at radius 3 is 3.00 bits per heavy atom. The zero-order valence-electron chi connectivity index (χ0n) is 8.12. The minimum atomic E-state index is -0.0121. The zero-order chi connectivity index (χ0) is 9.68. The second kappa shape index (κ2) is 5.27. The summed E-state index contributed by atoms with van der Waals surface area (Å²) >= 11 is 1.94. The zero-order valence-corrected chi connectivity index (χ0v) is 8.93. The molecule has 1 heterocycles. The fraction of sp³-hybridized carbons (Fsp3) is 0.778. The molecule has 3 nitrogen and oxygen atoms in total. The lowest BCUT2D eigenvalue weighted by Crippen LogP contribution is -2.23. The molecule has 0 saturated carbocycles. The van der Waals surface area contributed by atoms with Crippen LogP contribution >= 0.6 is 11.8 Å². The third kappa shape index (κ3) is 3.81. The van der Waals surface area contributed by atoms with Crippen LogP contribution in [0.1, 0.15) is 20.3 Å². The molecule has 1 N–H and O–H groups in total. The van der Waals surface area contributed by atoms with E-state index in [0.29, 0.717) is 5.92 Å². The Kier molecular flexibility index (Phi) is 4.28. The van der Waals surface area contributed by atoms with Crippen molar-refractivity contribution in [1.29, 1.82) is 0 Å². The van der Waals surface area contributed by atoms with Crippen molar-refractivity contribution in [2.45, 2.75) is 20.3 Å². The van der Waals surface area contributed by atoms with Crippen molar-refractivity contribution in [3.05, 3.63) is 0 Å². The molecule has 0 radical (unpaired) electrons. The average Bonchev–Trinajstić information content (AvgIpc) is 2.56. The quantitative estimate of drug-likeness (QED) is 0.554.